The van der Waals surface area contributed by atoms with Gasteiger partial charge in [-0.2, -0.15) is 0 Å². The van der Waals surface area contributed by atoms with Gasteiger partial charge in [0.2, 0.25) is 5.91 Å². The van der Waals surface area contributed by atoms with E-state index in [1.807, 2.05) is 31.2 Å². The van der Waals surface area contributed by atoms with E-state index in [1.165, 1.54) is 41.6 Å². The maximum atomic E-state index is 14.2. The van der Waals surface area contributed by atoms with Crippen molar-refractivity contribution >= 4 is 45.9 Å². The number of aromatic carboxylic acids is 1. The molecule has 0 fully saturated rings. The highest BCUT2D eigenvalue weighted by Crippen LogP contribution is 2.45. The smallest absolute Gasteiger partial charge is 0.335 e. The van der Waals surface area contributed by atoms with E-state index in [9.17, 15) is 19.1 Å². The maximum Gasteiger partial charge on any atom is 0.335 e. The molecule has 0 radical (unpaired) electrons. The van der Waals surface area contributed by atoms with E-state index in [-0.39, 0.29) is 40.4 Å². The third-order valence-corrected chi connectivity index (χ3v) is 9.03. The first-order valence-corrected chi connectivity index (χ1v) is 14.7. The Balaban J connectivity index is 1.33. The Labute approximate surface area is 248 Å². The summed E-state index contributed by atoms with van der Waals surface area (Å²) in [4.78, 5) is 25.3. The van der Waals surface area contributed by atoms with Crippen molar-refractivity contribution in [3.8, 4) is 0 Å². The first-order valence-electron chi connectivity index (χ1n) is 13.8. The highest BCUT2D eigenvalue weighted by Gasteiger charge is 2.42. The number of rotatable bonds is 7. The zero-order valence-electron chi connectivity index (χ0n) is 23.1. The van der Waals surface area contributed by atoms with E-state index in [0.717, 1.165) is 27.8 Å². The maximum absolute atomic E-state index is 14.2. The van der Waals surface area contributed by atoms with Gasteiger partial charge in [0.25, 0.3) is 0 Å². The van der Waals surface area contributed by atoms with Crippen LogP contribution >= 0.6 is 11.9 Å². The lowest BCUT2D eigenvalue weighted by Gasteiger charge is -2.29. The van der Waals surface area contributed by atoms with Crippen LogP contribution in [0.25, 0.3) is 16.3 Å². The third kappa shape index (κ3) is 5.40. The van der Waals surface area contributed by atoms with Gasteiger partial charge in [0.1, 0.15) is 5.82 Å². The largest absolute Gasteiger partial charge is 0.478 e. The number of allylic oxidation sites excluding steroid dienone is 2. The van der Waals surface area contributed by atoms with Gasteiger partial charge in [-0.05, 0) is 82.2 Å². The summed E-state index contributed by atoms with van der Waals surface area (Å²) in [6.07, 6.45) is 3.94. The third-order valence-electron chi connectivity index (χ3n) is 8.06. The normalized spacial score (nSPS) is 19.3. The number of nitrogens with zero attached hydrogens (tertiary/aromatic N) is 1. The Morgan fingerprint density at radius 1 is 0.905 bits per heavy atom. The molecular formula is C35H29FN2O3S. The molecule has 1 aliphatic carbocycles. The number of carboxylic acids is 1. The van der Waals surface area contributed by atoms with Crippen molar-refractivity contribution in [1.82, 2.24) is 5.32 Å². The van der Waals surface area contributed by atoms with Crippen LogP contribution in [0.4, 0.5) is 4.39 Å². The summed E-state index contributed by atoms with van der Waals surface area (Å²) in [6.45, 7) is 3.99. The van der Waals surface area contributed by atoms with E-state index in [0.29, 0.717) is 11.1 Å². The quantitative estimate of drug-likeness (QED) is 0.220. The zero-order chi connectivity index (χ0) is 29.4. The fraction of sp³-hybridized carbons (Fsp3) is 0.171. The van der Waals surface area contributed by atoms with Gasteiger partial charge in [0, 0.05) is 23.1 Å². The van der Waals surface area contributed by atoms with E-state index < -0.39 is 5.97 Å². The summed E-state index contributed by atoms with van der Waals surface area (Å²) in [5, 5.41) is 14.6. The molecule has 2 N–H and O–H groups in total. The molecule has 4 atom stereocenters. The molecular weight excluding hydrogens is 547 g/mol. The molecule has 42 heavy (non-hydrogen) atoms. The van der Waals surface area contributed by atoms with E-state index in [4.69, 9.17) is 4.40 Å². The topological polar surface area (TPSA) is 78.8 Å². The van der Waals surface area contributed by atoms with Crippen molar-refractivity contribution in [2.75, 3.05) is 0 Å². The van der Waals surface area contributed by atoms with Gasteiger partial charge in [0.05, 0.1) is 16.9 Å². The minimum atomic E-state index is -1.00. The molecule has 1 amide bonds. The van der Waals surface area contributed by atoms with Gasteiger partial charge in [-0.15, -0.1) is 0 Å². The summed E-state index contributed by atoms with van der Waals surface area (Å²) < 4.78 is 19.1. The molecule has 6 rings (SSSR count). The van der Waals surface area contributed by atoms with Crippen molar-refractivity contribution in [2.45, 2.75) is 31.1 Å². The Morgan fingerprint density at radius 3 is 2.38 bits per heavy atom. The van der Waals surface area contributed by atoms with Crippen molar-refractivity contribution in [3.63, 3.8) is 0 Å². The molecule has 0 saturated carbocycles. The lowest BCUT2D eigenvalue weighted by molar-refractivity contribution is -0.118. The van der Waals surface area contributed by atoms with Gasteiger partial charge in [-0.25, -0.2) is 13.6 Å². The minimum absolute atomic E-state index is 0.0292. The number of fused-ring (bicyclic) bond motifs is 2. The monoisotopic (exact) mass is 576 g/mol. The van der Waals surface area contributed by atoms with Crippen LogP contribution in [0.1, 0.15) is 52.9 Å². The van der Waals surface area contributed by atoms with Crippen molar-refractivity contribution < 1.29 is 19.1 Å². The van der Waals surface area contributed by atoms with E-state index in [1.54, 1.807) is 18.2 Å². The molecule has 4 aromatic carbocycles. The molecule has 1 heterocycles. The number of hydrogen-bond acceptors (Lipinski definition) is 4. The molecule has 2 aliphatic rings. The predicted octanol–water partition coefficient (Wildman–Crippen LogP) is 7.77. The molecule has 5 nitrogen and oxygen atoms in total. The molecule has 0 saturated heterocycles. The van der Waals surface area contributed by atoms with Crippen molar-refractivity contribution in [1.29, 1.82) is 0 Å². The van der Waals surface area contributed by atoms with Crippen molar-refractivity contribution in [2.24, 2.45) is 10.3 Å². The van der Waals surface area contributed by atoms with Crippen molar-refractivity contribution in [3.05, 3.63) is 137 Å². The van der Waals surface area contributed by atoms with Crippen LogP contribution < -0.4 is 5.32 Å². The lowest BCUT2D eigenvalue weighted by Crippen LogP contribution is -2.37. The molecule has 0 aromatic heterocycles. The Kier molecular flexibility index (Phi) is 7.52. The lowest BCUT2D eigenvalue weighted by atomic mass is 9.77. The SMILES string of the molecule is C[C@H](NC(=O)C1=CC(c2cccc(F)c2)=CC2SN=C([C@@H](C)c3ccc4ccccc4c3)C12)c1ccc(C(=O)O)cc1. The predicted molar refractivity (Wildman–Crippen MR) is 167 cm³/mol. The van der Waals surface area contributed by atoms with Gasteiger partial charge < -0.3 is 10.4 Å². The molecule has 0 bridgehead atoms. The Hall–Kier alpha value is -4.49. The Morgan fingerprint density at radius 2 is 1.64 bits per heavy atom. The first-order chi connectivity index (χ1) is 20.3. The summed E-state index contributed by atoms with van der Waals surface area (Å²) in [5.74, 6) is -1.86. The second-order valence-corrected chi connectivity index (χ2v) is 11.7. The molecule has 210 valence electrons. The molecule has 7 heteroatoms. The summed E-state index contributed by atoms with van der Waals surface area (Å²) in [5.41, 5.74) is 5.09. The highest BCUT2D eigenvalue weighted by molar-refractivity contribution is 7.99. The van der Waals surface area contributed by atoms with Crippen LogP contribution in [-0.2, 0) is 4.79 Å². The average Bonchev–Trinajstić information content (AvgIpc) is 3.44. The molecule has 4 aromatic rings. The van der Waals surface area contributed by atoms with Crippen LogP contribution in [0.3, 0.4) is 0 Å². The number of benzene rings is 4. The number of carboxylic acid groups (broad SMARTS) is 1. The zero-order valence-corrected chi connectivity index (χ0v) is 23.9. The number of carbonyl (C=O) groups excluding carboxylic acids is 1. The van der Waals surface area contributed by atoms with Crippen LogP contribution in [0.2, 0.25) is 0 Å². The second kappa shape index (κ2) is 11.4. The van der Waals surface area contributed by atoms with E-state index in [2.05, 4.69) is 48.6 Å². The fourth-order valence-corrected chi connectivity index (χ4v) is 6.81. The highest BCUT2D eigenvalue weighted by atomic mass is 32.2. The van der Waals surface area contributed by atoms with Crippen LogP contribution in [0.5, 0.6) is 0 Å². The number of nitrogens with one attached hydrogen (secondary N) is 1. The first kappa shape index (κ1) is 27.7. The Bertz CT molecular complexity index is 1790. The summed E-state index contributed by atoms with van der Waals surface area (Å²) >= 11 is 1.45. The minimum Gasteiger partial charge on any atom is -0.478 e. The molecule has 0 spiro atoms. The molecule has 1 aliphatic heterocycles. The number of halogens is 1. The second-order valence-electron chi connectivity index (χ2n) is 10.7. The van der Waals surface area contributed by atoms with Gasteiger partial charge in [-0.1, -0.05) is 79.7 Å². The van der Waals surface area contributed by atoms with Gasteiger partial charge in [0.15, 0.2) is 0 Å². The standard InChI is InChI=1S/C35H29FN2O3S/c1-20(25-15-12-23-6-3-4-7-26(23)16-25)33-32-30(34(39)37-21(2)22-10-13-24(14-11-22)35(40)41)18-28(19-31(32)42-38-33)27-8-5-9-29(36)17-27/h3-21,31-32H,1-2H3,(H,37,39)(H,40,41)/t20-,21-,31?,32?/m0/s1. The van der Waals surface area contributed by atoms with Crippen LogP contribution in [0.15, 0.2) is 113 Å². The number of hydrogen-bond donors (Lipinski definition) is 2. The molecule has 2 unspecified atom stereocenters. The van der Waals surface area contributed by atoms with Gasteiger partial charge >= 0.3 is 5.97 Å². The summed E-state index contributed by atoms with van der Waals surface area (Å²) in [6, 6.07) is 27.2. The van der Waals surface area contributed by atoms with Gasteiger partial charge in [-0.3, -0.25) is 4.79 Å². The van der Waals surface area contributed by atoms with Crippen LogP contribution in [-0.4, -0.2) is 27.9 Å². The average molecular weight is 577 g/mol. The number of carbonyl (C=O) groups is 2. The summed E-state index contributed by atoms with van der Waals surface area (Å²) in [7, 11) is 0. The van der Waals surface area contributed by atoms with Crippen LogP contribution in [0, 0.1) is 11.7 Å². The fourth-order valence-electron chi connectivity index (χ4n) is 5.68. The van der Waals surface area contributed by atoms with E-state index >= 15 is 0 Å². The number of amides is 1.